The van der Waals surface area contributed by atoms with Crippen molar-refractivity contribution in [2.45, 2.75) is 66.5 Å². The number of carboxylic acids is 1. The molecular weight excluding hydrogens is 374 g/mol. The number of Topliss-reactive ketones (excluding diaryl/α,β-unsaturated/α-hetero) is 1. The highest BCUT2D eigenvalue weighted by Gasteiger charge is 2.35. The van der Waals surface area contributed by atoms with Crippen molar-refractivity contribution in [3.05, 3.63) is 35.4 Å². The molecule has 2 N–H and O–H groups in total. The van der Waals surface area contributed by atoms with Crippen molar-refractivity contribution in [3.8, 4) is 0 Å². The molecule has 1 amide bonds. The minimum absolute atomic E-state index is 0.138. The molecule has 0 aromatic heterocycles. The molecule has 0 aliphatic carbocycles. The molecule has 0 radical (unpaired) electrons. The Hall–Kier alpha value is -2.70. The molecule has 0 unspecified atom stereocenters. The monoisotopic (exact) mass is 405 g/mol. The van der Waals surface area contributed by atoms with Gasteiger partial charge in [0.2, 0.25) is 5.91 Å². The highest BCUT2D eigenvalue weighted by atomic mass is 16.6. The van der Waals surface area contributed by atoms with Gasteiger partial charge in [0, 0.05) is 12.0 Å². The van der Waals surface area contributed by atoms with Gasteiger partial charge in [0.1, 0.15) is 11.6 Å². The molecule has 1 rings (SSSR count). The number of rotatable bonds is 7. The normalized spacial score (nSPS) is 13.9. The van der Waals surface area contributed by atoms with E-state index < -0.39 is 40.8 Å². The lowest BCUT2D eigenvalue weighted by molar-refractivity contribution is -0.142. The summed E-state index contributed by atoms with van der Waals surface area (Å²) in [6, 6.07) is 5.24. The highest BCUT2D eigenvalue weighted by molar-refractivity contribution is 6.07. The molecular formula is C22H31NO6. The maximum atomic E-state index is 13.0. The number of carboxylic acid groups (broad SMARTS) is 1. The van der Waals surface area contributed by atoms with Gasteiger partial charge in [-0.15, -0.1) is 0 Å². The quantitative estimate of drug-likeness (QED) is 0.531. The lowest BCUT2D eigenvalue weighted by Gasteiger charge is -2.30. The van der Waals surface area contributed by atoms with Crippen LogP contribution in [-0.2, 0) is 14.3 Å². The second-order valence-electron chi connectivity index (χ2n) is 9.16. The Labute approximate surface area is 171 Å². The summed E-state index contributed by atoms with van der Waals surface area (Å²) in [5, 5.41) is 11.5. The first-order valence-electron chi connectivity index (χ1n) is 9.52. The van der Waals surface area contributed by atoms with Crippen LogP contribution in [0.3, 0.4) is 0 Å². The summed E-state index contributed by atoms with van der Waals surface area (Å²) in [4.78, 5) is 49.2. The van der Waals surface area contributed by atoms with Crippen LogP contribution in [0.25, 0.3) is 0 Å². The van der Waals surface area contributed by atoms with E-state index in [1.807, 2.05) is 0 Å². The number of hydrogen-bond donors (Lipinski definition) is 2. The average molecular weight is 405 g/mol. The maximum absolute atomic E-state index is 13.0. The predicted molar refractivity (Wildman–Crippen MR) is 109 cm³/mol. The van der Waals surface area contributed by atoms with Gasteiger partial charge >= 0.3 is 11.9 Å². The van der Waals surface area contributed by atoms with Crippen LogP contribution in [0.5, 0.6) is 0 Å². The summed E-state index contributed by atoms with van der Waals surface area (Å²) in [7, 11) is 0. The summed E-state index contributed by atoms with van der Waals surface area (Å²) < 4.78 is 5.38. The Bertz CT molecular complexity index is 785. The molecule has 0 saturated carbocycles. The first-order chi connectivity index (χ1) is 13.1. The highest BCUT2D eigenvalue weighted by Crippen LogP contribution is 2.31. The standard InChI is InChI=1S/C22H31NO6/c1-13(19(26)27)23-18(25)16(21(2,3)4)12-17(24)14-10-8-9-11-15(14)20(28)29-22(5,6)7/h8-11,13,16H,12H2,1-7H3,(H,23,25)(H,26,27)/t13-,16+/m0/s1. The minimum atomic E-state index is -1.16. The van der Waals surface area contributed by atoms with Crippen LogP contribution in [-0.4, -0.2) is 40.4 Å². The van der Waals surface area contributed by atoms with Gasteiger partial charge in [-0.1, -0.05) is 39.0 Å². The van der Waals surface area contributed by atoms with Crippen molar-refractivity contribution in [3.63, 3.8) is 0 Å². The third-order valence-electron chi connectivity index (χ3n) is 4.33. The third kappa shape index (κ3) is 7.33. The minimum Gasteiger partial charge on any atom is -0.480 e. The lowest BCUT2D eigenvalue weighted by atomic mass is 9.76. The number of nitrogens with one attached hydrogen (secondary N) is 1. The number of benzene rings is 1. The molecule has 0 saturated heterocycles. The number of aliphatic carboxylic acids is 1. The van der Waals surface area contributed by atoms with E-state index in [4.69, 9.17) is 9.84 Å². The zero-order valence-corrected chi connectivity index (χ0v) is 18.2. The zero-order chi connectivity index (χ0) is 22.6. The Kier molecular flexibility index (Phi) is 7.72. The van der Waals surface area contributed by atoms with E-state index in [0.717, 1.165) is 0 Å². The van der Waals surface area contributed by atoms with E-state index in [9.17, 15) is 19.2 Å². The summed E-state index contributed by atoms with van der Waals surface area (Å²) in [6.45, 7) is 12.0. The number of carbonyl (C=O) groups is 4. The van der Waals surface area contributed by atoms with Crippen LogP contribution in [0, 0.1) is 11.3 Å². The molecule has 7 heteroatoms. The topological polar surface area (TPSA) is 110 Å². The van der Waals surface area contributed by atoms with Crippen molar-refractivity contribution in [2.75, 3.05) is 0 Å². The van der Waals surface area contributed by atoms with Crippen LogP contribution in [0.15, 0.2) is 24.3 Å². The summed E-state index contributed by atoms with van der Waals surface area (Å²) in [5.41, 5.74) is -0.998. The fourth-order valence-electron chi connectivity index (χ4n) is 2.70. The third-order valence-corrected chi connectivity index (χ3v) is 4.33. The van der Waals surface area contributed by atoms with Gasteiger partial charge < -0.3 is 15.2 Å². The van der Waals surface area contributed by atoms with E-state index in [1.54, 1.807) is 53.7 Å². The number of ether oxygens (including phenoxy) is 1. The average Bonchev–Trinajstić information content (AvgIpc) is 2.56. The molecule has 0 heterocycles. The molecule has 0 aliphatic rings. The van der Waals surface area contributed by atoms with Crippen LogP contribution in [0.4, 0.5) is 0 Å². The fourth-order valence-corrected chi connectivity index (χ4v) is 2.70. The number of ketones is 1. The van der Waals surface area contributed by atoms with E-state index in [0.29, 0.717) is 0 Å². The smallest absolute Gasteiger partial charge is 0.339 e. The number of carbonyl (C=O) groups excluding carboxylic acids is 3. The Morgan fingerprint density at radius 1 is 1.00 bits per heavy atom. The van der Waals surface area contributed by atoms with E-state index in [-0.39, 0.29) is 23.3 Å². The second-order valence-corrected chi connectivity index (χ2v) is 9.16. The molecule has 0 spiro atoms. The molecule has 7 nitrogen and oxygen atoms in total. The zero-order valence-electron chi connectivity index (χ0n) is 18.2. The van der Waals surface area contributed by atoms with E-state index in [1.165, 1.54) is 19.1 Å². The molecule has 2 atom stereocenters. The number of hydrogen-bond acceptors (Lipinski definition) is 5. The largest absolute Gasteiger partial charge is 0.480 e. The van der Waals surface area contributed by atoms with Crippen molar-refractivity contribution in [1.29, 1.82) is 0 Å². The predicted octanol–water partition coefficient (Wildman–Crippen LogP) is 3.47. The van der Waals surface area contributed by atoms with Crippen molar-refractivity contribution in [2.24, 2.45) is 11.3 Å². The molecule has 160 valence electrons. The van der Waals surface area contributed by atoms with E-state index >= 15 is 0 Å². The maximum Gasteiger partial charge on any atom is 0.339 e. The van der Waals surface area contributed by atoms with Crippen LogP contribution < -0.4 is 5.32 Å². The van der Waals surface area contributed by atoms with Gasteiger partial charge in [0.05, 0.1) is 11.5 Å². The molecule has 1 aromatic carbocycles. The first kappa shape index (κ1) is 24.3. The Morgan fingerprint density at radius 3 is 1.97 bits per heavy atom. The Morgan fingerprint density at radius 2 is 1.52 bits per heavy atom. The lowest BCUT2D eigenvalue weighted by Crippen LogP contribution is -2.45. The van der Waals surface area contributed by atoms with Gasteiger partial charge in [-0.05, 0) is 39.2 Å². The first-order valence-corrected chi connectivity index (χ1v) is 9.52. The van der Waals surface area contributed by atoms with Gasteiger partial charge in [0.25, 0.3) is 0 Å². The molecule has 0 fully saturated rings. The number of amides is 1. The van der Waals surface area contributed by atoms with Gasteiger partial charge in [-0.3, -0.25) is 14.4 Å². The summed E-state index contributed by atoms with van der Waals surface area (Å²) in [6.07, 6.45) is -0.165. The summed E-state index contributed by atoms with van der Waals surface area (Å²) in [5.74, 6) is -3.45. The molecule has 29 heavy (non-hydrogen) atoms. The van der Waals surface area contributed by atoms with E-state index in [2.05, 4.69) is 5.32 Å². The molecule has 0 aliphatic heterocycles. The van der Waals surface area contributed by atoms with Crippen LogP contribution in [0.1, 0.15) is 75.6 Å². The second kappa shape index (κ2) is 9.20. The number of esters is 1. The van der Waals surface area contributed by atoms with Crippen LogP contribution >= 0.6 is 0 Å². The van der Waals surface area contributed by atoms with Crippen molar-refractivity contribution < 1.29 is 29.0 Å². The fraction of sp³-hybridized carbons (Fsp3) is 0.545. The SMILES string of the molecule is C[C@H](NC(=O)[C@@H](CC(=O)c1ccccc1C(=O)OC(C)(C)C)C(C)(C)C)C(=O)O. The van der Waals surface area contributed by atoms with Gasteiger partial charge in [0.15, 0.2) is 5.78 Å². The van der Waals surface area contributed by atoms with Crippen LogP contribution in [0.2, 0.25) is 0 Å². The van der Waals surface area contributed by atoms with Crippen molar-refractivity contribution in [1.82, 2.24) is 5.32 Å². The molecule has 0 bridgehead atoms. The van der Waals surface area contributed by atoms with Gasteiger partial charge in [-0.2, -0.15) is 0 Å². The van der Waals surface area contributed by atoms with Crippen molar-refractivity contribution >= 4 is 23.6 Å². The Balaban J connectivity index is 3.15. The van der Waals surface area contributed by atoms with Gasteiger partial charge in [-0.25, -0.2) is 4.79 Å². The molecule has 1 aromatic rings. The summed E-state index contributed by atoms with van der Waals surface area (Å²) >= 11 is 0.